The monoisotopic (exact) mass is 340 g/mol. The van der Waals surface area contributed by atoms with E-state index in [4.69, 9.17) is 0 Å². The van der Waals surface area contributed by atoms with Crippen molar-refractivity contribution in [3.8, 4) is 6.07 Å². The molecular formula is C19H24N4O2. The van der Waals surface area contributed by atoms with Gasteiger partial charge in [-0.3, -0.25) is 9.59 Å². The number of carbonyl (C=O) groups is 2. The fourth-order valence-corrected chi connectivity index (χ4v) is 3.53. The van der Waals surface area contributed by atoms with Crippen molar-refractivity contribution in [2.75, 3.05) is 44.2 Å². The highest BCUT2D eigenvalue weighted by atomic mass is 16.2. The van der Waals surface area contributed by atoms with Gasteiger partial charge in [0, 0.05) is 52.1 Å². The molecule has 0 N–H and O–H groups in total. The van der Waals surface area contributed by atoms with Crippen LogP contribution in [0.1, 0.15) is 31.2 Å². The van der Waals surface area contributed by atoms with Crippen molar-refractivity contribution in [2.24, 2.45) is 0 Å². The van der Waals surface area contributed by atoms with E-state index in [9.17, 15) is 14.9 Å². The molecule has 0 aliphatic carbocycles. The van der Waals surface area contributed by atoms with Gasteiger partial charge >= 0.3 is 0 Å². The maximum absolute atomic E-state index is 12.4. The van der Waals surface area contributed by atoms with E-state index in [0.29, 0.717) is 38.0 Å². The molecule has 2 aliphatic heterocycles. The van der Waals surface area contributed by atoms with Crippen molar-refractivity contribution >= 4 is 17.5 Å². The van der Waals surface area contributed by atoms with Crippen LogP contribution in [0.4, 0.5) is 5.69 Å². The van der Waals surface area contributed by atoms with E-state index in [2.05, 4.69) is 11.0 Å². The molecule has 0 aromatic heterocycles. The molecule has 6 heteroatoms. The van der Waals surface area contributed by atoms with Crippen LogP contribution in [0.15, 0.2) is 24.3 Å². The Morgan fingerprint density at radius 3 is 2.56 bits per heavy atom. The van der Waals surface area contributed by atoms with Crippen molar-refractivity contribution in [1.29, 1.82) is 5.26 Å². The number of benzene rings is 1. The Morgan fingerprint density at radius 1 is 1.08 bits per heavy atom. The summed E-state index contributed by atoms with van der Waals surface area (Å²) < 4.78 is 0. The minimum Gasteiger partial charge on any atom is -0.367 e. The molecule has 1 aromatic carbocycles. The van der Waals surface area contributed by atoms with Crippen molar-refractivity contribution in [2.45, 2.75) is 25.7 Å². The van der Waals surface area contributed by atoms with Crippen molar-refractivity contribution < 1.29 is 9.59 Å². The molecule has 2 amide bonds. The number of rotatable bonds is 4. The van der Waals surface area contributed by atoms with Gasteiger partial charge < -0.3 is 14.7 Å². The highest BCUT2D eigenvalue weighted by Crippen LogP contribution is 2.21. The summed E-state index contributed by atoms with van der Waals surface area (Å²) in [5.74, 6) is 0.295. The molecule has 2 fully saturated rings. The first-order valence-electron chi connectivity index (χ1n) is 8.98. The number of nitriles is 1. The van der Waals surface area contributed by atoms with Gasteiger partial charge in [-0.1, -0.05) is 12.1 Å². The summed E-state index contributed by atoms with van der Waals surface area (Å²) in [6.45, 7) is 4.10. The van der Waals surface area contributed by atoms with Crippen LogP contribution >= 0.6 is 0 Å². The maximum Gasteiger partial charge on any atom is 0.224 e. The third kappa shape index (κ3) is 4.11. The van der Waals surface area contributed by atoms with E-state index < -0.39 is 0 Å². The summed E-state index contributed by atoms with van der Waals surface area (Å²) in [5, 5.41) is 9.23. The number of piperidine rings is 1. The highest BCUT2D eigenvalue weighted by Gasteiger charge is 2.24. The molecule has 0 radical (unpaired) electrons. The average molecular weight is 340 g/mol. The zero-order chi connectivity index (χ0) is 17.6. The summed E-state index contributed by atoms with van der Waals surface area (Å²) in [4.78, 5) is 30.1. The minimum atomic E-state index is 0.117. The number of likely N-dealkylation sites (tertiary alicyclic amines) is 1. The second kappa shape index (κ2) is 8.02. The van der Waals surface area contributed by atoms with Crippen LogP contribution in [-0.4, -0.2) is 60.9 Å². The Kier molecular flexibility index (Phi) is 5.54. The van der Waals surface area contributed by atoms with Gasteiger partial charge in [0.2, 0.25) is 11.8 Å². The summed E-state index contributed by atoms with van der Waals surface area (Å²) in [5.41, 5.74) is 1.61. The molecule has 0 spiro atoms. The van der Waals surface area contributed by atoms with Crippen molar-refractivity contribution in [1.82, 2.24) is 9.80 Å². The number of hydrogen-bond acceptors (Lipinski definition) is 4. The van der Waals surface area contributed by atoms with Gasteiger partial charge in [-0.25, -0.2) is 0 Å². The normalized spacial score (nSPS) is 18.2. The van der Waals surface area contributed by atoms with Crippen LogP contribution in [-0.2, 0) is 9.59 Å². The zero-order valence-electron chi connectivity index (χ0n) is 14.5. The Hall–Kier alpha value is -2.55. The summed E-state index contributed by atoms with van der Waals surface area (Å²) in [6, 6.07) is 9.80. The van der Waals surface area contributed by atoms with E-state index in [1.54, 1.807) is 0 Å². The van der Waals surface area contributed by atoms with Crippen molar-refractivity contribution in [3.05, 3.63) is 29.8 Å². The molecule has 0 bridgehead atoms. The molecule has 2 aliphatic rings. The summed E-state index contributed by atoms with van der Waals surface area (Å²) in [6.07, 6.45) is 3.03. The molecule has 6 nitrogen and oxygen atoms in total. The lowest BCUT2D eigenvalue weighted by molar-refractivity contribution is -0.135. The van der Waals surface area contributed by atoms with E-state index in [1.807, 2.05) is 34.1 Å². The molecule has 2 heterocycles. The van der Waals surface area contributed by atoms with Crippen LogP contribution in [0.25, 0.3) is 0 Å². The number of amides is 2. The SMILES string of the molecule is N#Cc1ccccc1N1CCN(C(=O)CCN2CCCCC2=O)CC1. The Labute approximate surface area is 148 Å². The Morgan fingerprint density at radius 2 is 1.84 bits per heavy atom. The fraction of sp³-hybridized carbons (Fsp3) is 0.526. The van der Waals surface area contributed by atoms with Gasteiger partial charge in [0.1, 0.15) is 6.07 Å². The topological polar surface area (TPSA) is 67.7 Å². The van der Waals surface area contributed by atoms with E-state index >= 15 is 0 Å². The number of para-hydroxylation sites is 1. The summed E-state index contributed by atoms with van der Waals surface area (Å²) >= 11 is 0. The van der Waals surface area contributed by atoms with E-state index in [-0.39, 0.29) is 11.8 Å². The number of carbonyl (C=O) groups excluding carboxylic acids is 2. The highest BCUT2D eigenvalue weighted by molar-refractivity contribution is 5.79. The number of hydrogen-bond donors (Lipinski definition) is 0. The minimum absolute atomic E-state index is 0.117. The average Bonchev–Trinajstić information content (AvgIpc) is 2.67. The molecule has 25 heavy (non-hydrogen) atoms. The van der Waals surface area contributed by atoms with Crippen LogP contribution in [0, 0.1) is 11.3 Å². The standard InChI is InChI=1S/C19H24N4O2/c20-15-16-5-1-2-6-17(16)21-11-13-23(14-12-21)19(25)8-10-22-9-4-3-7-18(22)24/h1-2,5-6H,3-4,7-14H2. The largest absolute Gasteiger partial charge is 0.367 e. The molecule has 0 saturated carbocycles. The van der Waals surface area contributed by atoms with Crippen LogP contribution in [0.5, 0.6) is 0 Å². The summed E-state index contributed by atoms with van der Waals surface area (Å²) in [7, 11) is 0. The first kappa shape index (κ1) is 17.3. The Bertz CT molecular complexity index is 674. The number of nitrogens with zero attached hydrogens (tertiary/aromatic N) is 4. The lowest BCUT2D eigenvalue weighted by atomic mass is 10.1. The molecule has 2 saturated heterocycles. The second-order valence-corrected chi connectivity index (χ2v) is 6.58. The number of piperazine rings is 1. The Balaban J connectivity index is 1.49. The third-order valence-electron chi connectivity index (χ3n) is 5.01. The fourth-order valence-electron chi connectivity index (χ4n) is 3.53. The van der Waals surface area contributed by atoms with Crippen LogP contribution in [0.3, 0.4) is 0 Å². The van der Waals surface area contributed by atoms with Gasteiger partial charge in [0.25, 0.3) is 0 Å². The predicted molar refractivity (Wildman–Crippen MR) is 95.0 cm³/mol. The zero-order valence-corrected chi connectivity index (χ0v) is 14.5. The van der Waals surface area contributed by atoms with E-state index in [1.165, 1.54) is 0 Å². The van der Waals surface area contributed by atoms with Gasteiger partial charge in [0.15, 0.2) is 0 Å². The maximum atomic E-state index is 12.4. The quantitative estimate of drug-likeness (QED) is 0.835. The second-order valence-electron chi connectivity index (χ2n) is 6.58. The molecule has 0 unspecified atom stereocenters. The van der Waals surface area contributed by atoms with Gasteiger partial charge in [-0.15, -0.1) is 0 Å². The molecule has 132 valence electrons. The van der Waals surface area contributed by atoms with Gasteiger partial charge in [-0.2, -0.15) is 5.26 Å². The third-order valence-corrected chi connectivity index (χ3v) is 5.01. The van der Waals surface area contributed by atoms with Crippen molar-refractivity contribution in [3.63, 3.8) is 0 Å². The van der Waals surface area contributed by atoms with Crippen LogP contribution in [0.2, 0.25) is 0 Å². The predicted octanol–water partition coefficient (Wildman–Crippen LogP) is 1.61. The smallest absolute Gasteiger partial charge is 0.224 e. The van der Waals surface area contributed by atoms with E-state index in [0.717, 1.165) is 38.2 Å². The molecular weight excluding hydrogens is 316 g/mol. The molecule has 1 aromatic rings. The first-order valence-corrected chi connectivity index (χ1v) is 8.98. The van der Waals surface area contributed by atoms with Gasteiger partial charge in [-0.05, 0) is 25.0 Å². The number of anilines is 1. The first-order chi connectivity index (χ1) is 12.2. The lowest BCUT2D eigenvalue weighted by Crippen LogP contribution is -2.49. The molecule has 0 atom stereocenters. The van der Waals surface area contributed by atoms with Crippen LogP contribution < -0.4 is 4.90 Å². The molecule has 3 rings (SSSR count). The lowest BCUT2D eigenvalue weighted by Gasteiger charge is -2.37. The van der Waals surface area contributed by atoms with Gasteiger partial charge in [0.05, 0.1) is 11.3 Å².